The van der Waals surface area contributed by atoms with Crippen LogP contribution in [0.25, 0.3) is 0 Å². The third kappa shape index (κ3) is 4.77. The Morgan fingerprint density at radius 3 is 2.19 bits per heavy atom. The van der Waals surface area contributed by atoms with Crippen molar-refractivity contribution in [1.82, 2.24) is 15.1 Å². The van der Waals surface area contributed by atoms with E-state index < -0.39 is 6.04 Å². The van der Waals surface area contributed by atoms with E-state index >= 15 is 0 Å². The SMILES string of the molecule is CNC(=O)C(C)N(Cc1ccccc1Cl)C(=O)CCCN1C(=O)c2ccccc2C1=O. The molecular formula is C23H24ClN3O4. The molecule has 8 heteroatoms. The Morgan fingerprint density at radius 2 is 1.61 bits per heavy atom. The standard InChI is InChI=1S/C23H24ClN3O4/c1-15(21(29)25-2)27(14-16-8-3-6-11-19(16)24)20(28)12-7-13-26-22(30)17-9-4-5-10-18(17)23(26)31/h3-6,8-11,15H,7,12-14H2,1-2H3,(H,25,29). The highest BCUT2D eigenvalue weighted by molar-refractivity contribution is 6.31. The molecule has 7 nitrogen and oxygen atoms in total. The van der Waals surface area contributed by atoms with Crippen molar-refractivity contribution < 1.29 is 19.2 Å². The lowest BCUT2D eigenvalue weighted by atomic mass is 10.1. The Labute approximate surface area is 186 Å². The van der Waals surface area contributed by atoms with Crippen molar-refractivity contribution in [2.75, 3.05) is 13.6 Å². The van der Waals surface area contributed by atoms with Crippen LogP contribution in [0.15, 0.2) is 48.5 Å². The van der Waals surface area contributed by atoms with Gasteiger partial charge in [-0.2, -0.15) is 0 Å². The summed E-state index contributed by atoms with van der Waals surface area (Å²) in [7, 11) is 1.51. The van der Waals surface area contributed by atoms with E-state index in [0.717, 1.165) is 5.56 Å². The molecule has 2 aromatic rings. The fourth-order valence-corrected chi connectivity index (χ4v) is 3.77. The molecule has 2 aromatic carbocycles. The molecule has 0 bridgehead atoms. The average molecular weight is 442 g/mol. The van der Waals surface area contributed by atoms with Crippen molar-refractivity contribution in [3.63, 3.8) is 0 Å². The minimum absolute atomic E-state index is 0.0825. The predicted molar refractivity (Wildman–Crippen MR) is 117 cm³/mol. The number of imide groups is 1. The molecule has 1 heterocycles. The highest BCUT2D eigenvalue weighted by atomic mass is 35.5. The van der Waals surface area contributed by atoms with E-state index in [1.807, 2.05) is 6.07 Å². The maximum Gasteiger partial charge on any atom is 0.261 e. The first-order valence-corrected chi connectivity index (χ1v) is 10.4. The maximum atomic E-state index is 13.0. The van der Waals surface area contributed by atoms with Crippen LogP contribution in [0.3, 0.4) is 0 Å². The van der Waals surface area contributed by atoms with Crippen molar-refractivity contribution in [1.29, 1.82) is 0 Å². The van der Waals surface area contributed by atoms with Crippen molar-refractivity contribution in [2.24, 2.45) is 0 Å². The molecule has 0 aromatic heterocycles. The van der Waals surface area contributed by atoms with Crippen LogP contribution in [0.2, 0.25) is 5.02 Å². The maximum absolute atomic E-state index is 13.0. The van der Waals surface area contributed by atoms with Crippen LogP contribution in [0.5, 0.6) is 0 Å². The molecule has 4 amide bonds. The third-order valence-corrected chi connectivity index (χ3v) is 5.73. The molecule has 0 saturated carbocycles. The normalized spacial score (nSPS) is 13.7. The second-order valence-corrected chi connectivity index (χ2v) is 7.72. The summed E-state index contributed by atoms with van der Waals surface area (Å²) in [5.41, 5.74) is 1.49. The van der Waals surface area contributed by atoms with Crippen LogP contribution in [0.1, 0.15) is 46.0 Å². The Hall–Kier alpha value is -3.19. The molecular weight excluding hydrogens is 418 g/mol. The number of halogens is 1. The van der Waals surface area contributed by atoms with Gasteiger partial charge in [-0.15, -0.1) is 0 Å². The fourth-order valence-electron chi connectivity index (χ4n) is 3.58. The zero-order chi connectivity index (χ0) is 22.5. The van der Waals surface area contributed by atoms with E-state index in [1.54, 1.807) is 49.4 Å². The van der Waals surface area contributed by atoms with Crippen LogP contribution < -0.4 is 5.32 Å². The van der Waals surface area contributed by atoms with Gasteiger partial charge in [-0.1, -0.05) is 41.9 Å². The second-order valence-electron chi connectivity index (χ2n) is 7.31. The summed E-state index contributed by atoms with van der Waals surface area (Å²) in [5.74, 6) is -1.24. The van der Waals surface area contributed by atoms with Gasteiger partial charge in [0.1, 0.15) is 6.04 Å². The number of rotatable bonds is 8. The summed E-state index contributed by atoms with van der Waals surface area (Å²) in [6.45, 7) is 1.96. The number of hydrogen-bond acceptors (Lipinski definition) is 4. The molecule has 31 heavy (non-hydrogen) atoms. The Bertz CT molecular complexity index is 988. The minimum Gasteiger partial charge on any atom is -0.357 e. The third-order valence-electron chi connectivity index (χ3n) is 5.36. The summed E-state index contributed by atoms with van der Waals surface area (Å²) in [6, 6.07) is 13.1. The number of carbonyl (C=O) groups is 4. The van der Waals surface area contributed by atoms with Gasteiger partial charge in [0, 0.05) is 31.6 Å². The molecule has 0 aliphatic carbocycles. The second kappa shape index (κ2) is 9.75. The summed E-state index contributed by atoms with van der Waals surface area (Å²) in [4.78, 5) is 52.8. The van der Waals surface area contributed by atoms with Crippen molar-refractivity contribution in [2.45, 2.75) is 32.4 Å². The van der Waals surface area contributed by atoms with Crippen molar-refractivity contribution in [3.05, 3.63) is 70.2 Å². The van der Waals surface area contributed by atoms with Gasteiger partial charge in [-0.25, -0.2) is 0 Å². The average Bonchev–Trinajstić information content (AvgIpc) is 3.02. The lowest BCUT2D eigenvalue weighted by Gasteiger charge is -2.29. The van der Waals surface area contributed by atoms with Gasteiger partial charge in [-0.3, -0.25) is 24.1 Å². The molecule has 3 rings (SSSR count). The minimum atomic E-state index is -0.701. The quantitative estimate of drug-likeness (QED) is 0.638. The number of benzene rings is 2. The van der Waals surface area contributed by atoms with Gasteiger partial charge in [-0.05, 0) is 37.1 Å². The van der Waals surface area contributed by atoms with Crippen LogP contribution in [-0.2, 0) is 16.1 Å². The summed E-state index contributed by atoms with van der Waals surface area (Å²) in [5, 5.41) is 3.07. The van der Waals surface area contributed by atoms with Crippen LogP contribution in [0, 0.1) is 0 Å². The Morgan fingerprint density at radius 1 is 1.03 bits per heavy atom. The van der Waals surface area contributed by atoms with Crippen LogP contribution in [-0.4, -0.2) is 53.1 Å². The Kier molecular flexibility index (Phi) is 7.07. The molecule has 1 atom stereocenters. The molecule has 1 aliphatic heterocycles. The number of carbonyl (C=O) groups excluding carboxylic acids is 4. The number of fused-ring (bicyclic) bond motifs is 1. The largest absolute Gasteiger partial charge is 0.357 e. The summed E-state index contributed by atoms with van der Waals surface area (Å²) >= 11 is 6.24. The zero-order valence-electron chi connectivity index (χ0n) is 17.4. The van der Waals surface area contributed by atoms with E-state index in [0.29, 0.717) is 22.6 Å². The lowest BCUT2D eigenvalue weighted by molar-refractivity contribution is -0.140. The zero-order valence-corrected chi connectivity index (χ0v) is 18.2. The van der Waals surface area contributed by atoms with Crippen molar-refractivity contribution >= 4 is 35.2 Å². The number of amides is 4. The fraction of sp³-hybridized carbons (Fsp3) is 0.304. The van der Waals surface area contributed by atoms with Gasteiger partial charge >= 0.3 is 0 Å². The Balaban J connectivity index is 1.67. The van der Waals surface area contributed by atoms with Gasteiger partial charge < -0.3 is 10.2 Å². The highest BCUT2D eigenvalue weighted by Gasteiger charge is 2.35. The van der Waals surface area contributed by atoms with E-state index in [9.17, 15) is 19.2 Å². The highest BCUT2D eigenvalue weighted by Crippen LogP contribution is 2.23. The first-order chi connectivity index (χ1) is 14.8. The number of likely N-dealkylation sites (N-methyl/N-ethyl adjacent to an activating group) is 1. The van der Waals surface area contributed by atoms with Crippen LogP contribution >= 0.6 is 11.6 Å². The molecule has 1 unspecified atom stereocenters. The first kappa shape index (κ1) is 22.5. The molecule has 1 N–H and O–H groups in total. The van der Waals surface area contributed by atoms with E-state index in [-0.39, 0.29) is 43.1 Å². The van der Waals surface area contributed by atoms with Gasteiger partial charge in [0.25, 0.3) is 11.8 Å². The summed E-state index contributed by atoms with van der Waals surface area (Å²) < 4.78 is 0. The number of hydrogen-bond donors (Lipinski definition) is 1. The molecule has 0 radical (unpaired) electrons. The smallest absolute Gasteiger partial charge is 0.261 e. The predicted octanol–water partition coefficient (Wildman–Crippen LogP) is 2.88. The topological polar surface area (TPSA) is 86.8 Å². The van der Waals surface area contributed by atoms with Gasteiger partial charge in [0.2, 0.25) is 11.8 Å². The van der Waals surface area contributed by atoms with Crippen molar-refractivity contribution in [3.8, 4) is 0 Å². The molecule has 0 fully saturated rings. The molecule has 1 aliphatic rings. The van der Waals surface area contributed by atoms with E-state index in [2.05, 4.69) is 5.32 Å². The number of nitrogens with one attached hydrogen (secondary N) is 1. The number of nitrogens with zero attached hydrogens (tertiary/aromatic N) is 2. The summed E-state index contributed by atoms with van der Waals surface area (Å²) in [6.07, 6.45) is 0.378. The van der Waals surface area contributed by atoms with Crippen LogP contribution in [0.4, 0.5) is 0 Å². The van der Waals surface area contributed by atoms with Gasteiger partial charge in [0.05, 0.1) is 11.1 Å². The molecule has 0 saturated heterocycles. The first-order valence-electron chi connectivity index (χ1n) is 10.0. The van der Waals surface area contributed by atoms with Gasteiger partial charge in [0.15, 0.2) is 0 Å². The molecule has 162 valence electrons. The van der Waals surface area contributed by atoms with E-state index in [1.165, 1.54) is 16.8 Å². The molecule has 0 spiro atoms. The van der Waals surface area contributed by atoms with E-state index in [4.69, 9.17) is 11.6 Å². The monoisotopic (exact) mass is 441 g/mol. The lowest BCUT2D eigenvalue weighted by Crippen LogP contribution is -2.46.